The number of halogens is 4. The van der Waals surface area contributed by atoms with Gasteiger partial charge >= 0.3 is 6.18 Å². The van der Waals surface area contributed by atoms with Crippen LogP contribution in [-0.4, -0.2) is 0 Å². The summed E-state index contributed by atoms with van der Waals surface area (Å²) in [5.74, 6) is -0.364. The SMILES string of the molecule is CC(N)(Cc1ccc(F)cc1)c1cccc(C(F)(F)F)c1. The Labute approximate surface area is 120 Å². The third kappa shape index (κ3) is 3.82. The highest BCUT2D eigenvalue weighted by Crippen LogP contribution is 2.32. The molecule has 0 bridgehead atoms. The predicted molar refractivity (Wildman–Crippen MR) is 73.1 cm³/mol. The smallest absolute Gasteiger partial charge is 0.321 e. The van der Waals surface area contributed by atoms with Crippen molar-refractivity contribution in [1.82, 2.24) is 0 Å². The maximum Gasteiger partial charge on any atom is 0.416 e. The molecule has 0 aliphatic carbocycles. The van der Waals surface area contributed by atoms with E-state index < -0.39 is 17.3 Å². The van der Waals surface area contributed by atoms with Crippen LogP contribution in [0.4, 0.5) is 17.6 Å². The summed E-state index contributed by atoms with van der Waals surface area (Å²) in [6, 6.07) is 10.7. The van der Waals surface area contributed by atoms with E-state index in [0.29, 0.717) is 12.0 Å². The highest BCUT2D eigenvalue weighted by atomic mass is 19.4. The molecule has 2 rings (SSSR count). The number of hydrogen-bond donors (Lipinski definition) is 1. The van der Waals surface area contributed by atoms with Crippen molar-refractivity contribution in [3.8, 4) is 0 Å². The van der Waals surface area contributed by atoms with Gasteiger partial charge in [0.2, 0.25) is 0 Å². The molecule has 21 heavy (non-hydrogen) atoms. The van der Waals surface area contributed by atoms with Crippen molar-refractivity contribution >= 4 is 0 Å². The fourth-order valence-electron chi connectivity index (χ4n) is 2.18. The molecule has 112 valence electrons. The molecule has 1 unspecified atom stereocenters. The molecule has 0 amide bonds. The molecule has 0 radical (unpaired) electrons. The Bertz CT molecular complexity index is 615. The first-order valence-electron chi connectivity index (χ1n) is 6.39. The highest BCUT2D eigenvalue weighted by molar-refractivity contribution is 5.32. The number of benzene rings is 2. The van der Waals surface area contributed by atoms with Gasteiger partial charge in [0.15, 0.2) is 0 Å². The molecule has 0 aromatic heterocycles. The van der Waals surface area contributed by atoms with E-state index in [4.69, 9.17) is 5.73 Å². The zero-order valence-corrected chi connectivity index (χ0v) is 11.4. The number of alkyl halides is 3. The van der Waals surface area contributed by atoms with Crippen molar-refractivity contribution < 1.29 is 17.6 Å². The van der Waals surface area contributed by atoms with E-state index in [1.807, 2.05) is 0 Å². The second-order valence-corrected chi connectivity index (χ2v) is 5.30. The first kappa shape index (κ1) is 15.5. The second kappa shape index (κ2) is 5.48. The van der Waals surface area contributed by atoms with Gasteiger partial charge in [-0.3, -0.25) is 0 Å². The Morgan fingerprint density at radius 3 is 2.10 bits per heavy atom. The zero-order valence-electron chi connectivity index (χ0n) is 11.4. The van der Waals surface area contributed by atoms with Crippen LogP contribution in [0.1, 0.15) is 23.6 Å². The van der Waals surface area contributed by atoms with E-state index in [1.54, 1.807) is 25.1 Å². The number of hydrogen-bond acceptors (Lipinski definition) is 1. The summed E-state index contributed by atoms with van der Waals surface area (Å²) in [5.41, 5.74) is 5.61. The van der Waals surface area contributed by atoms with Gasteiger partial charge in [0.1, 0.15) is 5.82 Å². The molecule has 0 saturated heterocycles. The van der Waals surface area contributed by atoms with Crippen molar-refractivity contribution in [3.63, 3.8) is 0 Å². The van der Waals surface area contributed by atoms with E-state index in [2.05, 4.69) is 0 Å². The molecule has 0 fully saturated rings. The topological polar surface area (TPSA) is 26.0 Å². The maximum atomic E-state index is 12.9. The van der Waals surface area contributed by atoms with E-state index in [9.17, 15) is 17.6 Å². The molecule has 0 aliphatic heterocycles. The van der Waals surface area contributed by atoms with Crippen LogP contribution in [0, 0.1) is 5.82 Å². The van der Waals surface area contributed by atoms with E-state index in [1.165, 1.54) is 18.2 Å². The van der Waals surface area contributed by atoms with Crippen LogP contribution in [0.3, 0.4) is 0 Å². The maximum absolute atomic E-state index is 12.9. The quantitative estimate of drug-likeness (QED) is 0.842. The third-order valence-corrected chi connectivity index (χ3v) is 3.33. The lowest BCUT2D eigenvalue weighted by Crippen LogP contribution is -2.35. The summed E-state index contributed by atoms with van der Waals surface area (Å²) >= 11 is 0. The Morgan fingerprint density at radius 2 is 1.52 bits per heavy atom. The highest BCUT2D eigenvalue weighted by Gasteiger charge is 2.32. The summed E-state index contributed by atoms with van der Waals surface area (Å²) in [4.78, 5) is 0. The van der Waals surface area contributed by atoms with Crippen LogP contribution in [0.15, 0.2) is 48.5 Å². The minimum atomic E-state index is -4.40. The Kier molecular flexibility index (Phi) is 4.05. The summed E-state index contributed by atoms with van der Waals surface area (Å²) in [7, 11) is 0. The summed E-state index contributed by atoms with van der Waals surface area (Å²) < 4.78 is 51.1. The third-order valence-electron chi connectivity index (χ3n) is 3.33. The molecule has 0 aliphatic rings. The van der Waals surface area contributed by atoms with Gasteiger partial charge in [-0.2, -0.15) is 13.2 Å². The van der Waals surface area contributed by atoms with Gasteiger partial charge < -0.3 is 5.73 Å². The fourth-order valence-corrected chi connectivity index (χ4v) is 2.18. The molecule has 0 saturated carbocycles. The molecular formula is C16H15F4N. The second-order valence-electron chi connectivity index (χ2n) is 5.30. The van der Waals surface area contributed by atoms with Crippen molar-refractivity contribution in [1.29, 1.82) is 0 Å². The molecule has 2 aromatic carbocycles. The van der Waals surface area contributed by atoms with Gasteiger partial charge in [0.05, 0.1) is 5.56 Å². The lowest BCUT2D eigenvalue weighted by atomic mass is 9.86. The summed E-state index contributed by atoms with van der Waals surface area (Å²) in [6.07, 6.45) is -4.09. The van der Waals surface area contributed by atoms with Crippen LogP contribution in [0.2, 0.25) is 0 Å². The fraction of sp³-hybridized carbons (Fsp3) is 0.250. The van der Waals surface area contributed by atoms with Crippen LogP contribution in [-0.2, 0) is 18.1 Å². The van der Waals surface area contributed by atoms with Crippen LogP contribution in [0.5, 0.6) is 0 Å². The Hall–Kier alpha value is -1.88. The van der Waals surface area contributed by atoms with Crippen molar-refractivity contribution in [2.45, 2.75) is 25.1 Å². The molecular weight excluding hydrogens is 282 g/mol. The average molecular weight is 297 g/mol. The van der Waals surface area contributed by atoms with E-state index in [0.717, 1.165) is 17.7 Å². The Morgan fingerprint density at radius 1 is 0.952 bits per heavy atom. The molecule has 0 heterocycles. The van der Waals surface area contributed by atoms with Crippen LogP contribution in [0.25, 0.3) is 0 Å². The van der Waals surface area contributed by atoms with E-state index >= 15 is 0 Å². The standard InChI is InChI=1S/C16H15F4N/c1-15(21,10-11-5-7-14(17)8-6-11)12-3-2-4-13(9-12)16(18,19)20/h2-9H,10,21H2,1H3. The normalized spacial score (nSPS) is 14.8. The van der Waals surface area contributed by atoms with E-state index in [-0.39, 0.29) is 5.82 Å². The van der Waals surface area contributed by atoms with Crippen molar-refractivity contribution in [2.24, 2.45) is 5.73 Å². The molecule has 5 heteroatoms. The molecule has 2 aromatic rings. The zero-order chi connectivity index (χ0) is 15.7. The number of rotatable bonds is 3. The monoisotopic (exact) mass is 297 g/mol. The van der Waals surface area contributed by atoms with Gasteiger partial charge in [-0.1, -0.05) is 24.3 Å². The average Bonchev–Trinajstić information content (AvgIpc) is 2.40. The van der Waals surface area contributed by atoms with Crippen LogP contribution < -0.4 is 5.73 Å². The van der Waals surface area contributed by atoms with Crippen molar-refractivity contribution in [3.05, 3.63) is 71.0 Å². The van der Waals surface area contributed by atoms with Gasteiger partial charge in [-0.25, -0.2) is 4.39 Å². The molecule has 1 atom stereocenters. The van der Waals surface area contributed by atoms with Crippen LogP contribution >= 0.6 is 0 Å². The predicted octanol–water partition coefficient (Wildman–Crippen LogP) is 4.26. The minimum absolute atomic E-state index is 0.314. The molecule has 2 N–H and O–H groups in total. The Balaban J connectivity index is 2.28. The van der Waals surface area contributed by atoms with Gasteiger partial charge in [-0.05, 0) is 48.7 Å². The van der Waals surface area contributed by atoms with Gasteiger partial charge in [0.25, 0.3) is 0 Å². The lowest BCUT2D eigenvalue weighted by molar-refractivity contribution is -0.137. The summed E-state index contributed by atoms with van der Waals surface area (Å²) in [5, 5.41) is 0. The number of nitrogens with two attached hydrogens (primary N) is 1. The largest absolute Gasteiger partial charge is 0.416 e. The molecule has 0 spiro atoms. The van der Waals surface area contributed by atoms with Gasteiger partial charge in [0, 0.05) is 5.54 Å². The summed E-state index contributed by atoms with van der Waals surface area (Å²) in [6.45, 7) is 1.66. The minimum Gasteiger partial charge on any atom is -0.321 e. The lowest BCUT2D eigenvalue weighted by Gasteiger charge is -2.26. The van der Waals surface area contributed by atoms with Crippen molar-refractivity contribution in [2.75, 3.05) is 0 Å². The first-order chi connectivity index (χ1) is 9.68. The van der Waals surface area contributed by atoms with Gasteiger partial charge in [-0.15, -0.1) is 0 Å². The first-order valence-corrected chi connectivity index (χ1v) is 6.39. The molecule has 1 nitrogen and oxygen atoms in total.